The van der Waals surface area contributed by atoms with E-state index in [1.54, 1.807) is 50.6 Å². The summed E-state index contributed by atoms with van der Waals surface area (Å²) in [6.45, 7) is 5.70. The summed E-state index contributed by atoms with van der Waals surface area (Å²) >= 11 is 6.95. The Morgan fingerprint density at radius 3 is 1.34 bits per heavy atom. The fourth-order valence-corrected chi connectivity index (χ4v) is 5.33. The molecule has 4 aromatic carbocycles. The van der Waals surface area contributed by atoms with E-state index in [0.717, 1.165) is 33.6 Å². The summed E-state index contributed by atoms with van der Waals surface area (Å²) in [5.74, 6) is 0.847. The summed E-state index contributed by atoms with van der Waals surface area (Å²) in [6, 6.07) is 22.2. The first kappa shape index (κ1) is 33.2. The highest BCUT2D eigenvalue weighted by molar-refractivity contribution is 9.10. The van der Waals surface area contributed by atoms with Gasteiger partial charge in [-0.05, 0) is 129 Å². The summed E-state index contributed by atoms with van der Waals surface area (Å²) < 4.78 is 22.7. The van der Waals surface area contributed by atoms with Crippen molar-refractivity contribution in [3.63, 3.8) is 0 Å². The zero-order valence-corrected chi connectivity index (χ0v) is 28.1. The van der Waals surface area contributed by atoms with Crippen molar-refractivity contribution in [3.8, 4) is 22.6 Å². The standard InChI is InChI=1S/C34H34Br2N2O6/c1-21-17-23(5-9-29(21)37-33(39)25-7-11-31(27(35)19-25)43-15-13-41-3)24-6-10-30(22(2)18-24)38-34(40)26-8-12-32(28(36)20-26)44-16-14-42-4/h5-12,17-20H,13-16H2,1-4H3,(H,37,39)(H,38,40). The number of methoxy groups -OCH3 is 2. The molecule has 0 aliphatic carbocycles. The zero-order valence-electron chi connectivity index (χ0n) is 25.0. The predicted octanol–water partition coefficient (Wildman–Crippen LogP) is 8.05. The van der Waals surface area contributed by atoms with Crippen LogP contribution in [0.1, 0.15) is 31.8 Å². The van der Waals surface area contributed by atoms with Crippen LogP contribution in [-0.4, -0.2) is 52.5 Å². The third kappa shape index (κ3) is 8.69. The Balaban J connectivity index is 1.40. The topological polar surface area (TPSA) is 95.1 Å². The molecule has 0 heterocycles. The summed E-state index contributed by atoms with van der Waals surface area (Å²) in [5.41, 5.74) is 6.28. The lowest BCUT2D eigenvalue weighted by atomic mass is 9.99. The van der Waals surface area contributed by atoms with Crippen molar-refractivity contribution < 1.29 is 28.5 Å². The molecule has 0 aliphatic heterocycles. The van der Waals surface area contributed by atoms with Crippen LogP contribution in [0.5, 0.6) is 11.5 Å². The summed E-state index contributed by atoms with van der Waals surface area (Å²) in [7, 11) is 3.23. The first-order valence-corrected chi connectivity index (χ1v) is 15.5. The minimum Gasteiger partial charge on any atom is -0.490 e. The van der Waals surface area contributed by atoms with Crippen molar-refractivity contribution in [1.29, 1.82) is 0 Å². The van der Waals surface area contributed by atoms with Gasteiger partial charge >= 0.3 is 0 Å². The molecule has 4 rings (SSSR count). The molecular formula is C34H34Br2N2O6. The first-order valence-electron chi connectivity index (χ1n) is 13.9. The maximum absolute atomic E-state index is 13.0. The molecule has 4 aromatic rings. The first-order chi connectivity index (χ1) is 21.2. The maximum Gasteiger partial charge on any atom is 0.255 e. The lowest BCUT2D eigenvalue weighted by Crippen LogP contribution is -2.13. The van der Waals surface area contributed by atoms with Gasteiger partial charge in [-0.15, -0.1) is 0 Å². The number of carbonyl (C=O) groups excluding carboxylic acids is 2. The minimum absolute atomic E-state index is 0.221. The maximum atomic E-state index is 13.0. The van der Waals surface area contributed by atoms with Gasteiger partial charge in [0, 0.05) is 36.7 Å². The molecule has 0 saturated heterocycles. The van der Waals surface area contributed by atoms with E-state index in [9.17, 15) is 9.59 Å². The molecule has 0 radical (unpaired) electrons. The SMILES string of the molecule is COCCOc1ccc(C(=O)Nc2ccc(-c3ccc(NC(=O)c4ccc(OCCOC)c(Br)c4)c(C)c3)cc2C)cc1Br. The Morgan fingerprint density at radius 2 is 1.00 bits per heavy atom. The van der Waals surface area contributed by atoms with E-state index in [-0.39, 0.29) is 11.8 Å². The van der Waals surface area contributed by atoms with Crippen LogP contribution in [0.25, 0.3) is 11.1 Å². The number of rotatable bonds is 13. The summed E-state index contributed by atoms with van der Waals surface area (Å²) in [4.78, 5) is 25.9. The molecule has 230 valence electrons. The molecule has 8 nitrogen and oxygen atoms in total. The van der Waals surface area contributed by atoms with Gasteiger partial charge in [-0.1, -0.05) is 12.1 Å². The second kappa shape index (κ2) is 15.9. The van der Waals surface area contributed by atoms with E-state index >= 15 is 0 Å². The predicted molar refractivity (Wildman–Crippen MR) is 180 cm³/mol. The number of anilines is 2. The normalized spacial score (nSPS) is 10.8. The molecule has 0 saturated carbocycles. The number of aryl methyl sites for hydroxylation is 2. The third-order valence-corrected chi connectivity index (χ3v) is 8.00. The second-order valence-corrected chi connectivity index (χ2v) is 11.6. The molecular weight excluding hydrogens is 692 g/mol. The van der Waals surface area contributed by atoms with Crippen LogP contribution < -0.4 is 20.1 Å². The highest BCUT2D eigenvalue weighted by Crippen LogP contribution is 2.31. The summed E-state index contributed by atoms with van der Waals surface area (Å²) in [6.07, 6.45) is 0. The number of amides is 2. The Hall–Kier alpha value is -3.70. The van der Waals surface area contributed by atoms with E-state index in [1.807, 2.05) is 50.2 Å². The van der Waals surface area contributed by atoms with Crippen LogP contribution in [-0.2, 0) is 9.47 Å². The highest BCUT2D eigenvalue weighted by Gasteiger charge is 2.14. The Morgan fingerprint density at radius 1 is 0.591 bits per heavy atom. The molecule has 0 atom stereocenters. The zero-order chi connectivity index (χ0) is 31.6. The molecule has 0 spiro atoms. The molecule has 0 bridgehead atoms. The number of halogens is 2. The van der Waals surface area contributed by atoms with Crippen molar-refractivity contribution >= 4 is 55.0 Å². The van der Waals surface area contributed by atoms with Crippen LogP contribution in [0, 0.1) is 13.8 Å². The van der Waals surface area contributed by atoms with Gasteiger partial charge < -0.3 is 29.6 Å². The van der Waals surface area contributed by atoms with E-state index in [1.165, 1.54) is 0 Å². The fourth-order valence-electron chi connectivity index (χ4n) is 4.34. The quantitative estimate of drug-likeness (QED) is 0.136. The Kier molecular flexibility index (Phi) is 12.0. The Bertz CT molecular complexity index is 1520. The van der Waals surface area contributed by atoms with Gasteiger partial charge in [0.2, 0.25) is 0 Å². The molecule has 2 amide bonds. The molecule has 0 aliphatic rings. The van der Waals surface area contributed by atoms with Crippen LogP contribution in [0.4, 0.5) is 11.4 Å². The van der Waals surface area contributed by atoms with Gasteiger partial charge in [-0.2, -0.15) is 0 Å². The van der Waals surface area contributed by atoms with Crippen molar-refractivity contribution in [2.24, 2.45) is 0 Å². The molecule has 10 heteroatoms. The molecule has 2 N–H and O–H groups in total. The number of nitrogens with one attached hydrogen (secondary N) is 2. The minimum atomic E-state index is -0.221. The van der Waals surface area contributed by atoms with Crippen molar-refractivity contribution in [3.05, 3.63) is 104 Å². The van der Waals surface area contributed by atoms with E-state index in [2.05, 4.69) is 42.5 Å². The van der Waals surface area contributed by atoms with Gasteiger partial charge in [0.25, 0.3) is 11.8 Å². The van der Waals surface area contributed by atoms with Gasteiger partial charge in [0.05, 0.1) is 22.2 Å². The average Bonchev–Trinajstić information content (AvgIpc) is 3.00. The highest BCUT2D eigenvalue weighted by atomic mass is 79.9. The van der Waals surface area contributed by atoms with Gasteiger partial charge in [0.15, 0.2) is 0 Å². The summed E-state index contributed by atoms with van der Waals surface area (Å²) in [5, 5.41) is 5.99. The number of hydrogen-bond acceptors (Lipinski definition) is 6. The van der Waals surface area contributed by atoms with Gasteiger partial charge in [0.1, 0.15) is 24.7 Å². The second-order valence-electron chi connectivity index (χ2n) is 9.94. The van der Waals surface area contributed by atoms with E-state index < -0.39 is 0 Å². The third-order valence-electron chi connectivity index (χ3n) is 6.76. The monoisotopic (exact) mass is 724 g/mol. The van der Waals surface area contributed by atoms with Crippen molar-refractivity contribution in [2.75, 3.05) is 51.3 Å². The van der Waals surface area contributed by atoms with Crippen LogP contribution >= 0.6 is 31.9 Å². The number of ether oxygens (including phenoxy) is 4. The lowest BCUT2D eigenvalue weighted by molar-refractivity contribution is 0.101. The van der Waals surface area contributed by atoms with Crippen molar-refractivity contribution in [1.82, 2.24) is 0 Å². The molecule has 0 fully saturated rings. The van der Waals surface area contributed by atoms with Crippen LogP contribution in [0.2, 0.25) is 0 Å². The average molecular weight is 726 g/mol. The van der Waals surface area contributed by atoms with Gasteiger partial charge in [-0.25, -0.2) is 0 Å². The van der Waals surface area contributed by atoms with Crippen molar-refractivity contribution in [2.45, 2.75) is 13.8 Å². The Labute approximate surface area is 274 Å². The van der Waals surface area contributed by atoms with E-state index in [0.29, 0.717) is 58.0 Å². The largest absolute Gasteiger partial charge is 0.490 e. The fraction of sp³-hybridized carbons (Fsp3) is 0.235. The molecule has 0 unspecified atom stereocenters. The van der Waals surface area contributed by atoms with Crippen LogP contribution in [0.3, 0.4) is 0 Å². The molecule has 0 aromatic heterocycles. The lowest BCUT2D eigenvalue weighted by Gasteiger charge is -2.14. The smallest absolute Gasteiger partial charge is 0.255 e. The van der Waals surface area contributed by atoms with Gasteiger partial charge in [-0.3, -0.25) is 9.59 Å². The molecule has 44 heavy (non-hydrogen) atoms. The number of benzene rings is 4. The van der Waals surface area contributed by atoms with E-state index in [4.69, 9.17) is 18.9 Å². The van der Waals surface area contributed by atoms with Crippen LogP contribution in [0.15, 0.2) is 81.7 Å². The number of carbonyl (C=O) groups is 2. The number of hydrogen-bond donors (Lipinski definition) is 2.